The molecule has 0 bridgehead atoms. The van der Waals surface area contributed by atoms with Gasteiger partial charge in [-0.2, -0.15) is 0 Å². The van der Waals surface area contributed by atoms with Crippen LogP contribution < -0.4 is 0 Å². The van der Waals surface area contributed by atoms with Gasteiger partial charge in [-0.1, -0.05) is 36.4 Å². The molecule has 0 unspecified atom stereocenters. The summed E-state index contributed by atoms with van der Waals surface area (Å²) in [6, 6.07) is 21.0. The molecule has 1 nitrogen and oxygen atoms in total. The molecule has 0 saturated carbocycles. The van der Waals surface area contributed by atoms with E-state index in [1.165, 1.54) is 28.3 Å². The van der Waals surface area contributed by atoms with Crippen LogP contribution in [0, 0.1) is 5.82 Å². The lowest BCUT2D eigenvalue weighted by atomic mass is 10.0. The summed E-state index contributed by atoms with van der Waals surface area (Å²) in [7, 11) is 0. The highest BCUT2D eigenvalue weighted by Crippen LogP contribution is 2.28. The lowest BCUT2D eigenvalue weighted by molar-refractivity contribution is 0.628. The van der Waals surface area contributed by atoms with E-state index in [0.717, 1.165) is 16.6 Å². The van der Waals surface area contributed by atoms with Crippen molar-refractivity contribution in [3.63, 3.8) is 0 Å². The number of benzene rings is 3. The zero-order valence-electron chi connectivity index (χ0n) is 11.3. The van der Waals surface area contributed by atoms with Gasteiger partial charge in [-0.25, -0.2) is 4.39 Å². The zero-order chi connectivity index (χ0) is 14.2. The van der Waals surface area contributed by atoms with Crippen molar-refractivity contribution in [3.05, 3.63) is 78.7 Å². The van der Waals surface area contributed by atoms with Gasteiger partial charge in [0.25, 0.3) is 0 Å². The minimum atomic E-state index is -0.231. The van der Waals surface area contributed by atoms with Gasteiger partial charge < -0.3 is 0 Å². The molecule has 2 heteroatoms. The molecule has 0 atom stereocenters. The largest absolute Gasteiger partial charge is 0.256 e. The number of fused-ring (bicyclic) bond motifs is 3. The van der Waals surface area contributed by atoms with Crippen molar-refractivity contribution in [2.75, 3.05) is 0 Å². The highest BCUT2D eigenvalue weighted by Gasteiger charge is 2.04. The second-order valence-electron chi connectivity index (χ2n) is 5.08. The minimum Gasteiger partial charge on any atom is -0.256 e. The number of pyridine rings is 1. The maximum absolute atomic E-state index is 13.0. The smallest absolute Gasteiger partial charge is 0.123 e. The first-order valence-corrected chi connectivity index (χ1v) is 6.85. The average Bonchev–Trinajstić information content (AvgIpc) is 2.55. The van der Waals surface area contributed by atoms with E-state index in [1.807, 2.05) is 18.3 Å². The molecule has 100 valence electrons. The molecule has 4 aromatic rings. The Morgan fingerprint density at radius 1 is 0.714 bits per heavy atom. The predicted octanol–water partition coefficient (Wildman–Crippen LogP) is 5.19. The van der Waals surface area contributed by atoms with Crippen molar-refractivity contribution < 1.29 is 4.39 Å². The van der Waals surface area contributed by atoms with E-state index in [9.17, 15) is 4.39 Å². The van der Waals surface area contributed by atoms with Crippen LogP contribution in [-0.2, 0) is 0 Å². The normalized spacial score (nSPS) is 11.1. The van der Waals surface area contributed by atoms with E-state index in [2.05, 4.69) is 35.3 Å². The Bertz CT molecular complexity index is 942. The summed E-state index contributed by atoms with van der Waals surface area (Å²) in [5.74, 6) is -0.231. The van der Waals surface area contributed by atoms with Crippen LogP contribution in [0.1, 0.15) is 0 Å². The molecular formula is C19H12FN. The monoisotopic (exact) mass is 273 g/mol. The molecule has 21 heavy (non-hydrogen) atoms. The molecule has 0 aliphatic heterocycles. The molecule has 0 amide bonds. The maximum atomic E-state index is 13.0. The van der Waals surface area contributed by atoms with Gasteiger partial charge in [0, 0.05) is 17.1 Å². The fourth-order valence-corrected chi connectivity index (χ4v) is 2.68. The van der Waals surface area contributed by atoms with Gasteiger partial charge in [-0.3, -0.25) is 4.98 Å². The van der Waals surface area contributed by atoms with E-state index in [4.69, 9.17) is 0 Å². The summed E-state index contributed by atoms with van der Waals surface area (Å²) in [4.78, 5) is 4.49. The molecule has 0 aliphatic carbocycles. The SMILES string of the molecule is Fc1ccc(-c2cc3c(ccc4ccccc43)cn2)cc1. The number of nitrogens with zero attached hydrogens (tertiary/aromatic N) is 1. The van der Waals surface area contributed by atoms with E-state index < -0.39 is 0 Å². The summed E-state index contributed by atoms with van der Waals surface area (Å²) in [6.45, 7) is 0. The highest BCUT2D eigenvalue weighted by molar-refractivity contribution is 6.08. The quantitative estimate of drug-likeness (QED) is 0.435. The predicted molar refractivity (Wildman–Crippen MR) is 84.6 cm³/mol. The molecule has 3 aromatic carbocycles. The van der Waals surface area contributed by atoms with Gasteiger partial charge in [0.2, 0.25) is 0 Å². The summed E-state index contributed by atoms with van der Waals surface area (Å²) < 4.78 is 13.0. The van der Waals surface area contributed by atoms with Crippen LogP contribution in [0.2, 0.25) is 0 Å². The van der Waals surface area contributed by atoms with Gasteiger partial charge in [0.1, 0.15) is 5.82 Å². The van der Waals surface area contributed by atoms with Crippen LogP contribution in [0.5, 0.6) is 0 Å². The highest BCUT2D eigenvalue weighted by atomic mass is 19.1. The molecule has 0 spiro atoms. The second kappa shape index (κ2) is 4.67. The van der Waals surface area contributed by atoms with Gasteiger partial charge >= 0.3 is 0 Å². The van der Waals surface area contributed by atoms with Crippen molar-refractivity contribution in [2.24, 2.45) is 0 Å². The molecular weight excluding hydrogens is 261 g/mol. The van der Waals surface area contributed by atoms with Crippen LogP contribution in [-0.4, -0.2) is 4.98 Å². The second-order valence-corrected chi connectivity index (χ2v) is 5.08. The molecule has 0 fully saturated rings. The number of halogens is 1. The summed E-state index contributed by atoms with van der Waals surface area (Å²) in [5.41, 5.74) is 1.78. The van der Waals surface area contributed by atoms with Crippen molar-refractivity contribution in [1.29, 1.82) is 0 Å². The lowest BCUT2D eigenvalue weighted by Gasteiger charge is -2.06. The third-order valence-electron chi connectivity index (χ3n) is 3.77. The van der Waals surface area contributed by atoms with E-state index in [0.29, 0.717) is 0 Å². The van der Waals surface area contributed by atoms with Gasteiger partial charge in [-0.05, 0) is 46.5 Å². The summed E-state index contributed by atoms with van der Waals surface area (Å²) in [5, 5.41) is 4.70. The molecule has 0 radical (unpaired) electrons. The van der Waals surface area contributed by atoms with E-state index >= 15 is 0 Å². The molecule has 1 aromatic heterocycles. The van der Waals surface area contributed by atoms with Crippen LogP contribution in [0.3, 0.4) is 0 Å². The third kappa shape index (κ3) is 2.05. The lowest BCUT2D eigenvalue weighted by Crippen LogP contribution is -1.86. The summed E-state index contributed by atoms with van der Waals surface area (Å²) in [6.07, 6.45) is 1.88. The Kier molecular flexibility index (Phi) is 2.68. The van der Waals surface area contributed by atoms with Crippen molar-refractivity contribution in [3.8, 4) is 11.3 Å². The van der Waals surface area contributed by atoms with Crippen LogP contribution in [0.15, 0.2) is 72.9 Å². The first kappa shape index (κ1) is 12.0. The van der Waals surface area contributed by atoms with Crippen molar-refractivity contribution >= 4 is 21.5 Å². The van der Waals surface area contributed by atoms with Gasteiger partial charge in [-0.15, -0.1) is 0 Å². The van der Waals surface area contributed by atoms with Gasteiger partial charge in [0.15, 0.2) is 0 Å². The van der Waals surface area contributed by atoms with E-state index in [1.54, 1.807) is 12.1 Å². The first-order valence-electron chi connectivity index (χ1n) is 6.85. The Hall–Kier alpha value is -2.74. The Labute approximate surface area is 121 Å². The molecule has 0 saturated heterocycles. The van der Waals surface area contributed by atoms with Crippen molar-refractivity contribution in [2.45, 2.75) is 0 Å². The fourth-order valence-electron chi connectivity index (χ4n) is 2.68. The van der Waals surface area contributed by atoms with Crippen LogP contribution in [0.25, 0.3) is 32.8 Å². The Balaban J connectivity index is 2.00. The van der Waals surface area contributed by atoms with Crippen LogP contribution >= 0.6 is 0 Å². The van der Waals surface area contributed by atoms with Crippen LogP contribution in [0.4, 0.5) is 4.39 Å². The summed E-state index contributed by atoms with van der Waals surface area (Å²) >= 11 is 0. The Morgan fingerprint density at radius 2 is 1.48 bits per heavy atom. The first-order chi connectivity index (χ1) is 10.3. The maximum Gasteiger partial charge on any atom is 0.123 e. The average molecular weight is 273 g/mol. The fraction of sp³-hybridized carbons (Fsp3) is 0. The number of hydrogen-bond donors (Lipinski definition) is 0. The zero-order valence-corrected chi connectivity index (χ0v) is 11.3. The minimum absolute atomic E-state index is 0.231. The molecule has 0 aliphatic rings. The molecule has 1 heterocycles. The van der Waals surface area contributed by atoms with Crippen molar-refractivity contribution in [1.82, 2.24) is 4.98 Å². The standard InChI is InChI=1S/C19H12FN/c20-16-9-7-14(8-10-16)19-11-18-15(12-21-19)6-5-13-3-1-2-4-17(13)18/h1-12H. The number of rotatable bonds is 1. The molecule has 0 N–H and O–H groups in total. The molecule has 4 rings (SSSR count). The van der Waals surface area contributed by atoms with E-state index in [-0.39, 0.29) is 5.82 Å². The number of aromatic nitrogens is 1. The number of hydrogen-bond acceptors (Lipinski definition) is 1. The third-order valence-corrected chi connectivity index (χ3v) is 3.77. The van der Waals surface area contributed by atoms with Gasteiger partial charge in [0.05, 0.1) is 5.69 Å². The topological polar surface area (TPSA) is 12.9 Å². The Morgan fingerprint density at radius 3 is 2.33 bits per heavy atom.